The fourth-order valence-electron chi connectivity index (χ4n) is 2.24. The van der Waals surface area contributed by atoms with Crippen LogP contribution in [0.3, 0.4) is 0 Å². The number of hydrogen-bond acceptors (Lipinski definition) is 4. The van der Waals surface area contributed by atoms with E-state index in [-0.39, 0.29) is 0 Å². The van der Waals surface area contributed by atoms with E-state index in [0.717, 1.165) is 43.2 Å². The number of hydrogen-bond donors (Lipinski definition) is 1. The molecule has 0 aliphatic carbocycles. The first-order valence-electron chi connectivity index (χ1n) is 5.87. The summed E-state index contributed by atoms with van der Waals surface area (Å²) in [5, 5.41) is 0. The van der Waals surface area contributed by atoms with E-state index in [1.54, 1.807) is 6.33 Å². The molecule has 0 bridgehead atoms. The maximum atomic E-state index is 4.53. The Morgan fingerprint density at radius 2 is 2.00 bits per heavy atom. The molecule has 2 aromatic rings. The molecule has 0 aromatic carbocycles. The Labute approximate surface area is 99.9 Å². The van der Waals surface area contributed by atoms with Gasteiger partial charge in [-0.15, -0.1) is 0 Å². The minimum atomic E-state index is 0.953. The lowest BCUT2D eigenvalue weighted by atomic mass is 10.3. The van der Waals surface area contributed by atoms with Crippen LogP contribution in [0.25, 0.3) is 11.2 Å². The van der Waals surface area contributed by atoms with Crippen LogP contribution in [-0.2, 0) is 7.05 Å². The second-order valence-electron chi connectivity index (χ2n) is 4.57. The summed E-state index contributed by atoms with van der Waals surface area (Å²) in [6, 6.07) is 0. The van der Waals surface area contributed by atoms with Crippen LogP contribution in [0.2, 0.25) is 0 Å². The van der Waals surface area contributed by atoms with Gasteiger partial charge >= 0.3 is 0 Å². The molecule has 2 aromatic heterocycles. The highest BCUT2D eigenvalue weighted by molar-refractivity contribution is 5.80. The van der Waals surface area contributed by atoms with E-state index in [1.165, 1.54) is 0 Å². The number of nitrogens with one attached hydrogen (secondary N) is 1. The topological polar surface area (TPSA) is 51.9 Å². The molecule has 3 heterocycles. The van der Waals surface area contributed by atoms with Gasteiger partial charge in [-0.25, -0.2) is 4.57 Å². The maximum absolute atomic E-state index is 4.53. The standard InChI is InChI=1S/C11H16N6/c1-15-3-5-17(6-4-15)11-9-10(13-7-12-9)16(2)8-14-11/h7-8H,3-6H2,1-2H3/p+1. The van der Waals surface area contributed by atoms with Gasteiger partial charge in [0.1, 0.15) is 0 Å². The highest BCUT2D eigenvalue weighted by Gasteiger charge is 2.22. The second-order valence-corrected chi connectivity index (χ2v) is 4.57. The highest BCUT2D eigenvalue weighted by atomic mass is 15.3. The van der Waals surface area contributed by atoms with Crippen molar-refractivity contribution in [2.45, 2.75) is 0 Å². The molecule has 1 aliphatic rings. The molecule has 6 nitrogen and oxygen atoms in total. The summed E-state index contributed by atoms with van der Waals surface area (Å²) < 4.78 is 1.94. The fraction of sp³-hybridized carbons (Fsp3) is 0.545. The van der Waals surface area contributed by atoms with E-state index in [9.17, 15) is 0 Å². The highest BCUT2D eigenvalue weighted by Crippen LogP contribution is 2.19. The Morgan fingerprint density at radius 3 is 2.76 bits per heavy atom. The summed E-state index contributed by atoms with van der Waals surface area (Å²) >= 11 is 0. The molecule has 0 spiro atoms. The van der Waals surface area contributed by atoms with Crippen LogP contribution >= 0.6 is 0 Å². The van der Waals surface area contributed by atoms with Gasteiger partial charge in [-0.3, -0.25) is 0 Å². The average Bonchev–Trinajstić information content (AvgIpc) is 2.81. The zero-order valence-electron chi connectivity index (χ0n) is 10.2. The molecular formula is C11H17N6+. The van der Waals surface area contributed by atoms with Crippen LogP contribution in [0.5, 0.6) is 0 Å². The van der Waals surface area contributed by atoms with Gasteiger partial charge in [0, 0.05) is 26.2 Å². The van der Waals surface area contributed by atoms with Gasteiger partial charge in [0.15, 0.2) is 11.8 Å². The molecule has 1 aliphatic heterocycles. The van der Waals surface area contributed by atoms with Crippen LogP contribution in [0, 0.1) is 0 Å². The van der Waals surface area contributed by atoms with Crippen molar-refractivity contribution >= 4 is 17.0 Å². The SMILES string of the molecule is CN1CCN(c2nc[n+](C)c3nc[nH]c23)CC1. The Balaban J connectivity index is 2.00. The van der Waals surface area contributed by atoms with Crippen molar-refractivity contribution in [3.8, 4) is 0 Å². The lowest BCUT2D eigenvalue weighted by Gasteiger charge is -2.31. The fourth-order valence-corrected chi connectivity index (χ4v) is 2.24. The maximum Gasteiger partial charge on any atom is 0.293 e. The van der Waals surface area contributed by atoms with E-state index in [0.29, 0.717) is 0 Å². The van der Waals surface area contributed by atoms with Crippen LogP contribution in [0.4, 0.5) is 5.82 Å². The third-order valence-electron chi connectivity index (χ3n) is 3.33. The molecule has 17 heavy (non-hydrogen) atoms. The number of anilines is 1. The molecule has 0 amide bonds. The Morgan fingerprint density at radius 1 is 1.24 bits per heavy atom. The van der Waals surface area contributed by atoms with Crippen molar-refractivity contribution in [2.75, 3.05) is 38.1 Å². The zero-order chi connectivity index (χ0) is 11.8. The monoisotopic (exact) mass is 233 g/mol. The number of piperazine rings is 1. The Bertz CT molecular complexity index is 526. The number of aryl methyl sites for hydroxylation is 1. The van der Waals surface area contributed by atoms with E-state index in [1.807, 2.05) is 17.9 Å². The largest absolute Gasteiger partial charge is 0.339 e. The van der Waals surface area contributed by atoms with Gasteiger partial charge in [0.05, 0.1) is 7.05 Å². The number of aromatic amines is 1. The van der Waals surface area contributed by atoms with E-state index >= 15 is 0 Å². The van der Waals surface area contributed by atoms with Gasteiger partial charge < -0.3 is 14.8 Å². The molecule has 3 rings (SSSR count). The van der Waals surface area contributed by atoms with Gasteiger partial charge in [0.2, 0.25) is 12.1 Å². The smallest absolute Gasteiger partial charge is 0.293 e. The third kappa shape index (κ3) is 1.74. The molecule has 1 N–H and O–H groups in total. The molecule has 0 radical (unpaired) electrons. The summed E-state index contributed by atoms with van der Waals surface area (Å²) in [5.74, 6) is 1.02. The number of aromatic nitrogens is 4. The molecule has 1 saturated heterocycles. The third-order valence-corrected chi connectivity index (χ3v) is 3.33. The Kier molecular flexibility index (Phi) is 2.44. The second kappa shape index (κ2) is 3.96. The van der Waals surface area contributed by atoms with Gasteiger partial charge in [0.25, 0.3) is 5.65 Å². The van der Waals surface area contributed by atoms with Crippen molar-refractivity contribution in [3.05, 3.63) is 12.7 Å². The predicted molar refractivity (Wildman–Crippen MR) is 64.8 cm³/mol. The zero-order valence-corrected chi connectivity index (χ0v) is 10.2. The summed E-state index contributed by atoms with van der Waals surface area (Å²) in [6.45, 7) is 4.20. The van der Waals surface area contributed by atoms with Crippen molar-refractivity contribution in [2.24, 2.45) is 7.05 Å². The van der Waals surface area contributed by atoms with Crippen molar-refractivity contribution in [1.29, 1.82) is 0 Å². The summed E-state index contributed by atoms with van der Waals surface area (Å²) in [5.41, 5.74) is 1.98. The minimum Gasteiger partial charge on any atom is -0.339 e. The van der Waals surface area contributed by atoms with Crippen molar-refractivity contribution in [3.63, 3.8) is 0 Å². The number of fused-ring (bicyclic) bond motifs is 1. The number of nitrogens with zero attached hydrogens (tertiary/aromatic N) is 5. The van der Waals surface area contributed by atoms with Gasteiger partial charge in [-0.2, -0.15) is 0 Å². The lowest BCUT2D eigenvalue weighted by molar-refractivity contribution is -0.649. The average molecular weight is 233 g/mol. The number of rotatable bonds is 1. The quantitative estimate of drug-likeness (QED) is 0.677. The molecule has 6 heteroatoms. The number of imidazole rings is 1. The summed E-state index contributed by atoms with van der Waals surface area (Å²) in [6.07, 6.45) is 3.56. The summed E-state index contributed by atoms with van der Waals surface area (Å²) in [7, 11) is 4.12. The van der Waals surface area contributed by atoms with E-state index < -0.39 is 0 Å². The minimum absolute atomic E-state index is 0.953. The molecular weight excluding hydrogens is 216 g/mol. The van der Waals surface area contributed by atoms with Crippen LogP contribution in [-0.4, -0.2) is 53.1 Å². The number of likely N-dealkylation sites (N-methyl/N-ethyl adjacent to an activating group) is 1. The lowest BCUT2D eigenvalue weighted by Crippen LogP contribution is -2.45. The molecule has 0 atom stereocenters. The van der Waals surface area contributed by atoms with Crippen LogP contribution < -0.4 is 9.47 Å². The first-order chi connectivity index (χ1) is 8.25. The van der Waals surface area contributed by atoms with E-state index in [2.05, 4.69) is 31.8 Å². The first kappa shape index (κ1) is 10.5. The van der Waals surface area contributed by atoms with Crippen LogP contribution in [0.1, 0.15) is 0 Å². The van der Waals surface area contributed by atoms with Gasteiger partial charge in [-0.1, -0.05) is 9.97 Å². The van der Waals surface area contributed by atoms with Crippen molar-refractivity contribution in [1.82, 2.24) is 19.9 Å². The number of H-pyrrole nitrogens is 1. The molecule has 90 valence electrons. The molecule has 0 unspecified atom stereocenters. The van der Waals surface area contributed by atoms with Gasteiger partial charge in [-0.05, 0) is 7.05 Å². The first-order valence-corrected chi connectivity index (χ1v) is 5.87. The van der Waals surface area contributed by atoms with E-state index in [4.69, 9.17) is 0 Å². The molecule has 1 fully saturated rings. The normalized spacial score (nSPS) is 17.9. The van der Waals surface area contributed by atoms with Crippen molar-refractivity contribution < 1.29 is 4.57 Å². The molecule has 0 saturated carbocycles. The van der Waals surface area contributed by atoms with Crippen LogP contribution in [0.15, 0.2) is 12.7 Å². The predicted octanol–water partition coefficient (Wildman–Crippen LogP) is -0.466. The Hall–Kier alpha value is -1.69. The summed E-state index contributed by atoms with van der Waals surface area (Å²) in [4.78, 5) is 16.7.